The zero-order valence-electron chi connectivity index (χ0n) is 18.9. The van der Waals surface area contributed by atoms with Crippen molar-refractivity contribution in [3.8, 4) is 5.75 Å². The van der Waals surface area contributed by atoms with Crippen molar-refractivity contribution in [3.05, 3.63) is 93.6 Å². The zero-order chi connectivity index (χ0) is 23.1. The van der Waals surface area contributed by atoms with Crippen LogP contribution in [0.5, 0.6) is 5.75 Å². The van der Waals surface area contributed by atoms with Crippen LogP contribution in [-0.2, 0) is 6.42 Å². The number of aromatic amines is 1. The highest BCUT2D eigenvalue weighted by atomic mass is 35.5. The van der Waals surface area contributed by atoms with Gasteiger partial charge < -0.3 is 19.9 Å². The normalized spacial score (nSPS) is 15.4. The molecule has 0 fully saturated rings. The van der Waals surface area contributed by atoms with Crippen molar-refractivity contribution in [2.75, 3.05) is 19.0 Å². The molecule has 5 nitrogen and oxygen atoms in total. The van der Waals surface area contributed by atoms with E-state index in [2.05, 4.69) is 16.4 Å². The Balaban J connectivity index is 1.58. The Morgan fingerprint density at radius 2 is 1.88 bits per heavy atom. The Morgan fingerprint density at radius 1 is 1.09 bits per heavy atom. The molecule has 2 amide bonds. The Labute approximate surface area is 198 Å². The monoisotopic (exact) mass is 459 g/mol. The summed E-state index contributed by atoms with van der Waals surface area (Å²) in [5.41, 5.74) is 7.32. The number of nitrogens with one attached hydrogen (secondary N) is 2. The van der Waals surface area contributed by atoms with Gasteiger partial charge in [-0.3, -0.25) is 0 Å². The van der Waals surface area contributed by atoms with Crippen molar-refractivity contribution in [2.24, 2.45) is 0 Å². The molecule has 4 aromatic rings. The third kappa shape index (κ3) is 3.93. The SMILES string of the molecule is COc1ccc(C2c3[nH]c4ccc(Cl)cc4c3CCN2C(=O)Nc2ccc(C)cc2C)cc1. The fourth-order valence-corrected chi connectivity index (χ4v) is 4.93. The first-order valence-corrected chi connectivity index (χ1v) is 11.4. The smallest absolute Gasteiger partial charge is 0.322 e. The lowest BCUT2D eigenvalue weighted by molar-refractivity contribution is 0.193. The molecule has 1 unspecified atom stereocenters. The third-order valence-electron chi connectivity index (χ3n) is 6.40. The highest BCUT2D eigenvalue weighted by Gasteiger charge is 2.34. The number of halogens is 1. The fourth-order valence-electron chi connectivity index (χ4n) is 4.75. The van der Waals surface area contributed by atoms with E-state index in [0.717, 1.165) is 45.6 Å². The van der Waals surface area contributed by atoms with Crippen LogP contribution < -0.4 is 10.1 Å². The average Bonchev–Trinajstić information content (AvgIpc) is 3.18. The van der Waals surface area contributed by atoms with E-state index in [1.165, 1.54) is 11.1 Å². The molecule has 0 saturated carbocycles. The summed E-state index contributed by atoms with van der Waals surface area (Å²) in [5, 5.41) is 4.96. The molecule has 33 heavy (non-hydrogen) atoms. The van der Waals surface area contributed by atoms with E-state index in [4.69, 9.17) is 16.3 Å². The molecule has 0 aliphatic carbocycles. The number of hydrogen-bond acceptors (Lipinski definition) is 2. The van der Waals surface area contributed by atoms with Crippen LogP contribution in [0.15, 0.2) is 60.7 Å². The second-order valence-corrected chi connectivity index (χ2v) is 9.01. The van der Waals surface area contributed by atoms with Gasteiger partial charge in [-0.05, 0) is 73.4 Å². The number of fused-ring (bicyclic) bond motifs is 3. The quantitative estimate of drug-likeness (QED) is 0.361. The summed E-state index contributed by atoms with van der Waals surface area (Å²) >= 11 is 6.30. The molecule has 0 saturated heterocycles. The van der Waals surface area contributed by atoms with Gasteiger partial charge in [-0.2, -0.15) is 0 Å². The molecule has 1 atom stereocenters. The highest BCUT2D eigenvalue weighted by Crippen LogP contribution is 2.39. The average molecular weight is 460 g/mol. The van der Waals surface area contributed by atoms with Gasteiger partial charge in [-0.1, -0.05) is 41.4 Å². The number of aryl methyl sites for hydroxylation is 2. The van der Waals surface area contributed by atoms with Gasteiger partial charge in [-0.15, -0.1) is 0 Å². The summed E-state index contributed by atoms with van der Waals surface area (Å²) < 4.78 is 5.35. The number of benzene rings is 3. The maximum atomic E-state index is 13.5. The van der Waals surface area contributed by atoms with Gasteiger partial charge in [0.05, 0.1) is 13.2 Å². The molecule has 0 radical (unpaired) electrons. The van der Waals surface area contributed by atoms with Crippen molar-refractivity contribution >= 4 is 34.2 Å². The minimum atomic E-state index is -0.253. The van der Waals surface area contributed by atoms with Crippen LogP contribution in [0.2, 0.25) is 5.02 Å². The number of urea groups is 1. The Bertz CT molecular complexity index is 1340. The Kier molecular flexibility index (Phi) is 5.51. The van der Waals surface area contributed by atoms with E-state index in [1.807, 2.05) is 73.3 Å². The number of rotatable bonds is 3. The van der Waals surface area contributed by atoms with Crippen LogP contribution in [0.3, 0.4) is 0 Å². The largest absolute Gasteiger partial charge is 0.497 e. The lowest BCUT2D eigenvalue weighted by Crippen LogP contribution is -2.43. The predicted molar refractivity (Wildman–Crippen MR) is 133 cm³/mol. The van der Waals surface area contributed by atoms with Gasteiger partial charge in [0.15, 0.2) is 0 Å². The zero-order valence-corrected chi connectivity index (χ0v) is 19.7. The molecule has 0 bridgehead atoms. The fraction of sp³-hybridized carbons (Fsp3) is 0.222. The van der Waals surface area contributed by atoms with Crippen molar-refractivity contribution in [2.45, 2.75) is 26.3 Å². The molecule has 1 aliphatic heterocycles. The summed E-state index contributed by atoms with van der Waals surface area (Å²) in [6, 6.07) is 19.5. The van der Waals surface area contributed by atoms with Gasteiger partial charge in [0.2, 0.25) is 0 Å². The van der Waals surface area contributed by atoms with Gasteiger partial charge in [0.1, 0.15) is 5.75 Å². The highest BCUT2D eigenvalue weighted by molar-refractivity contribution is 6.31. The number of anilines is 1. The minimum Gasteiger partial charge on any atom is -0.497 e. The van der Waals surface area contributed by atoms with Crippen molar-refractivity contribution < 1.29 is 9.53 Å². The van der Waals surface area contributed by atoms with Crippen LogP contribution in [0, 0.1) is 13.8 Å². The number of methoxy groups -OCH3 is 1. The molecular weight excluding hydrogens is 434 g/mol. The molecule has 0 spiro atoms. The first kappa shape index (κ1) is 21.4. The van der Waals surface area contributed by atoms with Crippen LogP contribution in [0.4, 0.5) is 10.5 Å². The molecular formula is C27H26ClN3O2. The van der Waals surface area contributed by atoms with E-state index in [9.17, 15) is 4.79 Å². The first-order chi connectivity index (χ1) is 15.9. The molecule has 5 rings (SSSR count). The summed E-state index contributed by atoms with van der Waals surface area (Å²) in [6.45, 7) is 4.66. The number of hydrogen-bond donors (Lipinski definition) is 2. The van der Waals surface area contributed by atoms with E-state index in [1.54, 1.807) is 7.11 Å². The van der Waals surface area contributed by atoms with Gasteiger partial charge in [-0.25, -0.2) is 4.79 Å². The summed E-state index contributed by atoms with van der Waals surface area (Å²) in [4.78, 5) is 19.0. The third-order valence-corrected chi connectivity index (χ3v) is 6.64. The van der Waals surface area contributed by atoms with Gasteiger partial charge in [0.25, 0.3) is 0 Å². The number of H-pyrrole nitrogens is 1. The maximum absolute atomic E-state index is 13.5. The lowest BCUT2D eigenvalue weighted by Gasteiger charge is -2.36. The molecule has 2 N–H and O–H groups in total. The number of carbonyl (C=O) groups excluding carboxylic acids is 1. The molecule has 1 aromatic heterocycles. The van der Waals surface area contributed by atoms with E-state index >= 15 is 0 Å². The van der Waals surface area contributed by atoms with Crippen LogP contribution in [0.1, 0.15) is 34.0 Å². The summed E-state index contributed by atoms with van der Waals surface area (Å²) in [7, 11) is 1.65. The standard InChI is InChI=1S/C27H26ClN3O2/c1-16-4-10-23(17(2)14-16)30-27(32)31-13-12-21-22-15-19(28)7-11-24(22)29-25(21)26(31)18-5-8-20(33-3)9-6-18/h4-11,14-15,26,29H,12-13H2,1-3H3,(H,30,32). The molecule has 2 heterocycles. The van der Waals surface area contributed by atoms with E-state index < -0.39 is 0 Å². The topological polar surface area (TPSA) is 57.4 Å². The van der Waals surface area contributed by atoms with Crippen LogP contribution in [-0.4, -0.2) is 29.6 Å². The van der Waals surface area contributed by atoms with E-state index in [0.29, 0.717) is 11.6 Å². The molecule has 1 aliphatic rings. The molecule has 3 aromatic carbocycles. The van der Waals surface area contributed by atoms with Crippen molar-refractivity contribution in [3.63, 3.8) is 0 Å². The first-order valence-electron chi connectivity index (χ1n) is 11.0. The van der Waals surface area contributed by atoms with Crippen LogP contribution in [0.25, 0.3) is 10.9 Å². The number of aromatic nitrogens is 1. The Morgan fingerprint density at radius 3 is 2.61 bits per heavy atom. The van der Waals surface area contributed by atoms with Crippen molar-refractivity contribution in [1.29, 1.82) is 0 Å². The van der Waals surface area contributed by atoms with Gasteiger partial charge in [0, 0.05) is 33.9 Å². The lowest BCUT2D eigenvalue weighted by atomic mass is 9.92. The second-order valence-electron chi connectivity index (χ2n) is 8.57. The summed E-state index contributed by atoms with van der Waals surface area (Å²) in [5.74, 6) is 0.782. The maximum Gasteiger partial charge on any atom is 0.322 e. The van der Waals surface area contributed by atoms with Crippen molar-refractivity contribution in [1.82, 2.24) is 9.88 Å². The van der Waals surface area contributed by atoms with Gasteiger partial charge >= 0.3 is 6.03 Å². The summed E-state index contributed by atoms with van der Waals surface area (Å²) in [6.07, 6.45) is 0.753. The number of nitrogens with zero attached hydrogens (tertiary/aromatic N) is 1. The Hall–Kier alpha value is -3.44. The molecule has 6 heteroatoms. The number of amides is 2. The van der Waals surface area contributed by atoms with E-state index in [-0.39, 0.29) is 12.1 Å². The molecule has 168 valence electrons. The number of ether oxygens (including phenoxy) is 1. The van der Waals surface area contributed by atoms with Crippen LogP contribution >= 0.6 is 11.6 Å². The number of carbonyl (C=O) groups is 1. The second kappa shape index (κ2) is 8.49. The minimum absolute atomic E-state index is 0.120. The predicted octanol–water partition coefficient (Wildman–Crippen LogP) is 6.63.